The standard InChI is InChI=1S/C33H36N4O2.C11H8Cl2N2O2/c1-2-39-33(38)28-13-14-29-30(23-28)35-32(37-21-17-27(18-22-37)25-11-7-4-8-12-25)31(34-29)36-19-15-26(16-20-36)24-9-5-3-6-10-24;1-2-17-11(16)6-3-4-7-8(5-6)15-10(13)9(12)14-7/h3-14,23,26-27H,2,15-22H2,1H3;3-5H,2H2,1H3. The number of aromatic nitrogens is 4. The van der Waals surface area contributed by atoms with Crippen LogP contribution >= 0.6 is 23.2 Å². The summed E-state index contributed by atoms with van der Waals surface area (Å²) < 4.78 is 10.1. The first-order valence-corrected chi connectivity index (χ1v) is 20.0. The molecule has 0 radical (unpaired) electrons. The van der Waals surface area contributed by atoms with Crippen molar-refractivity contribution in [1.82, 2.24) is 19.9 Å². The normalized spacial score (nSPS) is 15.0. The molecule has 2 fully saturated rings. The number of nitrogens with zero attached hydrogens (tertiary/aromatic N) is 6. The van der Waals surface area contributed by atoms with Crippen molar-refractivity contribution in [3.8, 4) is 0 Å². The molecular weight excluding hydrogens is 747 g/mol. The zero-order chi connectivity index (χ0) is 39.0. The van der Waals surface area contributed by atoms with Gasteiger partial charge in [-0.1, -0.05) is 83.9 Å². The summed E-state index contributed by atoms with van der Waals surface area (Å²) in [7, 11) is 0. The van der Waals surface area contributed by atoms with Gasteiger partial charge in [0.25, 0.3) is 0 Å². The lowest BCUT2D eigenvalue weighted by Gasteiger charge is -2.38. The van der Waals surface area contributed by atoms with Gasteiger partial charge in [-0.05, 0) is 98.9 Å². The summed E-state index contributed by atoms with van der Waals surface area (Å²) in [5.41, 5.74) is 6.41. The second-order valence-electron chi connectivity index (χ2n) is 13.9. The third-order valence-corrected chi connectivity index (χ3v) is 11.0. The van der Waals surface area contributed by atoms with E-state index < -0.39 is 5.97 Å². The fraction of sp³-hybridized carbons (Fsp3) is 0.318. The van der Waals surface area contributed by atoms with Gasteiger partial charge in [-0.2, -0.15) is 0 Å². The van der Waals surface area contributed by atoms with Gasteiger partial charge in [-0.15, -0.1) is 0 Å². The van der Waals surface area contributed by atoms with Crippen molar-refractivity contribution in [2.45, 2.75) is 51.4 Å². The van der Waals surface area contributed by atoms with Gasteiger partial charge in [-0.3, -0.25) is 0 Å². The van der Waals surface area contributed by atoms with Gasteiger partial charge in [0, 0.05) is 26.2 Å². The molecule has 0 aliphatic carbocycles. The predicted molar refractivity (Wildman–Crippen MR) is 222 cm³/mol. The van der Waals surface area contributed by atoms with Crippen molar-refractivity contribution in [1.29, 1.82) is 0 Å². The zero-order valence-corrected chi connectivity index (χ0v) is 33.0. The van der Waals surface area contributed by atoms with Crippen LogP contribution in [-0.4, -0.2) is 71.3 Å². The van der Waals surface area contributed by atoms with E-state index in [1.165, 1.54) is 11.1 Å². The highest BCUT2D eigenvalue weighted by Crippen LogP contribution is 2.37. The van der Waals surface area contributed by atoms with E-state index in [0.29, 0.717) is 47.2 Å². The molecule has 0 unspecified atom stereocenters. The van der Waals surface area contributed by atoms with Crippen LogP contribution in [0.4, 0.5) is 11.6 Å². The van der Waals surface area contributed by atoms with Crippen LogP contribution in [0.5, 0.6) is 0 Å². The Morgan fingerprint density at radius 3 is 1.36 bits per heavy atom. The topological polar surface area (TPSA) is 111 Å². The highest BCUT2D eigenvalue weighted by Gasteiger charge is 2.29. The maximum absolute atomic E-state index is 12.4. The molecule has 0 spiro atoms. The minimum absolute atomic E-state index is 0.111. The quantitative estimate of drug-likeness (QED) is 0.138. The van der Waals surface area contributed by atoms with Gasteiger partial charge in [0.1, 0.15) is 0 Å². The molecule has 12 heteroatoms. The highest BCUT2D eigenvalue weighted by molar-refractivity contribution is 6.40. The number of ether oxygens (including phenoxy) is 2. The van der Waals surface area contributed by atoms with E-state index in [2.05, 4.69) is 80.4 Å². The van der Waals surface area contributed by atoms with Crippen molar-refractivity contribution >= 4 is 68.8 Å². The lowest BCUT2D eigenvalue weighted by atomic mass is 9.89. The fourth-order valence-electron chi connectivity index (χ4n) is 7.45. The first-order chi connectivity index (χ1) is 27.3. The minimum atomic E-state index is -0.401. The molecule has 288 valence electrons. The minimum Gasteiger partial charge on any atom is -0.462 e. The molecule has 0 N–H and O–H groups in total. The van der Waals surface area contributed by atoms with Crippen LogP contribution in [0, 0.1) is 0 Å². The van der Waals surface area contributed by atoms with E-state index >= 15 is 0 Å². The van der Waals surface area contributed by atoms with Crippen LogP contribution in [0.25, 0.3) is 22.1 Å². The Morgan fingerprint density at radius 1 is 0.554 bits per heavy atom. The smallest absolute Gasteiger partial charge is 0.338 e. The van der Waals surface area contributed by atoms with E-state index in [1.54, 1.807) is 31.2 Å². The number of benzene rings is 4. The molecule has 0 bridgehead atoms. The van der Waals surface area contributed by atoms with E-state index in [-0.39, 0.29) is 16.3 Å². The molecule has 2 saturated heterocycles. The maximum Gasteiger partial charge on any atom is 0.338 e. The monoisotopic (exact) mass is 790 g/mol. The van der Waals surface area contributed by atoms with Crippen LogP contribution in [0.15, 0.2) is 97.1 Å². The molecule has 0 saturated carbocycles. The van der Waals surface area contributed by atoms with Crippen molar-refractivity contribution in [2.24, 2.45) is 0 Å². The van der Waals surface area contributed by atoms with Crippen molar-refractivity contribution < 1.29 is 19.1 Å². The number of carbonyl (C=O) groups is 2. The Bertz CT molecular complexity index is 2300. The van der Waals surface area contributed by atoms with Gasteiger partial charge in [-0.25, -0.2) is 29.5 Å². The number of anilines is 2. The molecule has 8 rings (SSSR count). The van der Waals surface area contributed by atoms with Crippen LogP contribution in [0.3, 0.4) is 0 Å². The van der Waals surface area contributed by atoms with Crippen LogP contribution in [0.1, 0.15) is 83.2 Å². The Hall–Kier alpha value is -5.32. The Balaban J connectivity index is 0.000000236. The van der Waals surface area contributed by atoms with E-state index in [4.69, 9.17) is 42.6 Å². The summed E-state index contributed by atoms with van der Waals surface area (Å²) in [6, 6.07) is 32.1. The molecular formula is C44H44Cl2N6O4. The van der Waals surface area contributed by atoms with Gasteiger partial charge >= 0.3 is 11.9 Å². The highest BCUT2D eigenvalue weighted by atomic mass is 35.5. The van der Waals surface area contributed by atoms with Gasteiger partial charge in [0.2, 0.25) is 0 Å². The molecule has 2 aromatic heterocycles. The summed E-state index contributed by atoms with van der Waals surface area (Å²) in [4.78, 5) is 47.2. The first kappa shape index (κ1) is 38.9. The number of rotatable bonds is 8. The van der Waals surface area contributed by atoms with Gasteiger partial charge < -0.3 is 19.3 Å². The van der Waals surface area contributed by atoms with E-state index in [0.717, 1.165) is 74.5 Å². The number of esters is 2. The number of carbonyl (C=O) groups excluding carboxylic acids is 2. The third-order valence-electron chi connectivity index (χ3n) is 10.4. The van der Waals surface area contributed by atoms with Crippen LogP contribution in [-0.2, 0) is 9.47 Å². The molecule has 2 aliphatic heterocycles. The second-order valence-corrected chi connectivity index (χ2v) is 14.6. The average molecular weight is 792 g/mol. The zero-order valence-electron chi connectivity index (χ0n) is 31.5. The lowest BCUT2D eigenvalue weighted by molar-refractivity contribution is 0.0517. The molecule has 4 aromatic carbocycles. The predicted octanol–water partition coefficient (Wildman–Crippen LogP) is 9.69. The fourth-order valence-corrected chi connectivity index (χ4v) is 7.72. The first-order valence-electron chi connectivity index (χ1n) is 19.2. The molecule has 4 heterocycles. The Kier molecular flexibility index (Phi) is 12.6. The molecule has 10 nitrogen and oxygen atoms in total. The number of hydrogen-bond donors (Lipinski definition) is 0. The number of fused-ring (bicyclic) bond motifs is 2. The van der Waals surface area contributed by atoms with Crippen molar-refractivity contribution in [2.75, 3.05) is 49.2 Å². The Morgan fingerprint density at radius 2 is 0.929 bits per heavy atom. The molecule has 0 amide bonds. The number of hydrogen-bond acceptors (Lipinski definition) is 10. The second kappa shape index (κ2) is 18.1. The van der Waals surface area contributed by atoms with Gasteiger partial charge in [0.05, 0.1) is 46.4 Å². The number of halogens is 2. The summed E-state index contributed by atoms with van der Waals surface area (Å²) in [5.74, 6) is 2.33. The Labute approximate surface area is 336 Å². The van der Waals surface area contributed by atoms with Crippen LogP contribution in [0.2, 0.25) is 10.3 Å². The van der Waals surface area contributed by atoms with E-state index in [9.17, 15) is 9.59 Å². The molecule has 2 aliphatic rings. The van der Waals surface area contributed by atoms with Crippen LogP contribution < -0.4 is 9.80 Å². The summed E-state index contributed by atoms with van der Waals surface area (Å²) in [6.07, 6.45) is 4.37. The lowest BCUT2D eigenvalue weighted by Crippen LogP contribution is -2.38. The third kappa shape index (κ3) is 9.03. The maximum atomic E-state index is 12.4. The summed E-state index contributed by atoms with van der Waals surface area (Å²) >= 11 is 11.5. The largest absolute Gasteiger partial charge is 0.462 e. The molecule has 0 atom stereocenters. The average Bonchev–Trinajstić information content (AvgIpc) is 3.24. The van der Waals surface area contributed by atoms with Crippen molar-refractivity contribution in [3.63, 3.8) is 0 Å². The summed E-state index contributed by atoms with van der Waals surface area (Å²) in [5, 5.41) is 0.253. The summed E-state index contributed by atoms with van der Waals surface area (Å²) in [6.45, 7) is 8.02. The molecule has 6 aromatic rings. The van der Waals surface area contributed by atoms with Gasteiger partial charge in [0.15, 0.2) is 21.9 Å². The number of piperidine rings is 2. The van der Waals surface area contributed by atoms with Crippen molar-refractivity contribution in [3.05, 3.63) is 130 Å². The SMILES string of the molecule is CCOC(=O)c1ccc2nc(Cl)c(Cl)nc2c1.CCOC(=O)c1ccc2nc(N3CCC(c4ccccc4)CC3)c(N3CCC(c4ccccc4)CC3)nc2c1. The molecule has 56 heavy (non-hydrogen) atoms. The van der Waals surface area contributed by atoms with E-state index in [1.807, 2.05) is 19.1 Å².